The molecule has 11 nitrogen and oxygen atoms in total. The molecule has 1 saturated heterocycles. The number of hydrogen-bond acceptors (Lipinski definition) is 7. The average molecular weight is 616 g/mol. The Hall–Kier alpha value is -4.89. The first-order valence-corrected chi connectivity index (χ1v) is 14.7. The first-order valence-electron chi connectivity index (χ1n) is 12.8. The van der Waals surface area contributed by atoms with Gasteiger partial charge in [0, 0.05) is 25.0 Å². The maximum atomic E-state index is 14.2. The van der Waals surface area contributed by atoms with Crippen LogP contribution in [-0.4, -0.2) is 60.7 Å². The van der Waals surface area contributed by atoms with E-state index in [1.807, 2.05) is 6.07 Å². The Balaban J connectivity index is 2.00. The highest BCUT2D eigenvalue weighted by Gasteiger charge is 2.47. The fraction of sp³-hybridized carbons (Fsp3) is 0.321. The van der Waals surface area contributed by atoms with Gasteiger partial charge < -0.3 is 10.0 Å². The van der Waals surface area contributed by atoms with Crippen LogP contribution in [0.3, 0.4) is 0 Å². The SMILES string of the molecule is CC1=C(C#N)[C@@H](c2ccc(C#N)cc2S(C)(=O)=O)N(C(=O)N2CCCC(C(=O)O)C2)C(=O)N1c1cccc(C(F)(F)F)c1. The van der Waals surface area contributed by atoms with Crippen LogP contribution in [0.4, 0.5) is 28.4 Å². The van der Waals surface area contributed by atoms with Crippen LogP contribution in [0.25, 0.3) is 0 Å². The Morgan fingerprint density at radius 2 is 1.79 bits per heavy atom. The van der Waals surface area contributed by atoms with Gasteiger partial charge in [0.05, 0.1) is 45.3 Å². The summed E-state index contributed by atoms with van der Waals surface area (Å²) in [5.41, 5.74) is -2.16. The van der Waals surface area contributed by atoms with Crippen LogP contribution in [-0.2, 0) is 20.8 Å². The lowest BCUT2D eigenvalue weighted by atomic mass is 9.92. The second-order valence-electron chi connectivity index (χ2n) is 10.1. The molecule has 4 rings (SSSR count). The lowest BCUT2D eigenvalue weighted by Crippen LogP contribution is -2.57. The van der Waals surface area contributed by atoms with E-state index in [1.165, 1.54) is 25.1 Å². The van der Waals surface area contributed by atoms with E-state index in [0.29, 0.717) is 11.0 Å². The van der Waals surface area contributed by atoms with E-state index >= 15 is 0 Å². The highest BCUT2D eigenvalue weighted by Crippen LogP contribution is 2.43. The van der Waals surface area contributed by atoms with Gasteiger partial charge >= 0.3 is 24.2 Å². The minimum Gasteiger partial charge on any atom is -0.481 e. The molecular formula is C28H24F3N5O6S. The molecule has 0 aromatic heterocycles. The lowest BCUT2D eigenvalue weighted by molar-refractivity contribution is -0.143. The summed E-state index contributed by atoms with van der Waals surface area (Å²) in [6.07, 6.45) is -3.43. The second-order valence-corrected chi connectivity index (χ2v) is 12.1. The van der Waals surface area contributed by atoms with E-state index < -0.39 is 56.5 Å². The van der Waals surface area contributed by atoms with Crippen LogP contribution in [0.2, 0.25) is 0 Å². The minimum atomic E-state index is -4.78. The maximum Gasteiger partial charge on any atom is 0.416 e. The van der Waals surface area contributed by atoms with Gasteiger partial charge in [0.2, 0.25) is 0 Å². The van der Waals surface area contributed by atoms with Crippen LogP contribution in [0.1, 0.15) is 42.5 Å². The Kier molecular flexibility index (Phi) is 8.24. The number of sulfone groups is 1. The summed E-state index contributed by atoms with van der Waals surface area (Å²) in [5, 5.41) is 29.2. The van der Waals surface area contributed by atoms with Crippen LogP contribution in [0.15, 0.2) is 58.6 Å². The van der Waals surface area contributed by atoms with Gasteiger partial charge in [-0.2, -0.15) is 23.7 Å². The molecule has 2 atom stereocenters. The van der Waals surface area contributed by atoms with Gasteiger partial charge in [-0.3, -0.25) is 9.69 Å². The van der Waals surface area contributed by atoms with Crippen molar-refractivity contribution in [2.24, 2.45) is 5.92 Å². The normalized spacial score (nSPS) is 19.6. The number of imide groups is 1. The Morgan fingerprint density at radius 1 is 1.09 bits per heavy atom. The topological polar surface area (TPSA) is 163 Å². The van der Waals surface area contributed by atoms with Crippen molar-refractivity contribution in [2.45, 2.75) is 36.9 Å². The first kappa shape index (κ1) is 31.1. The summed E-state index contributed by atoms with van der Waals surface area (Å²) in [6, 6.07) is 6.90. The molecule has 2 aliphatic rings. The molecule has 0 aliphatic carbocycles. The van der Waals surface area contributed by atoms with Gasteiger partial charge in [0.1, 0.15) is 6.04 Å². The highest BCUT2D eigenvalue weighted by atomic mass is 32.2. The van der Waals surface area contributed by atoms with Crippen LogP contribution in [0.5, 0.6) is 0 Å². The van der Waals surface area contributed by atoms with Crippen molar-refractivity contribution in [3.8, 4) is 12.1 Å². The van der Waals surface area contributed by atoms with Crippen molar-refractivity contribution >= 4 is 33.6 Å². The minimum absolute atomic E-state index is 0.0273. The molecule has 2 aromatic rings. The number of halogens is 3. The molecule has 0 radical (unpaired) electrons. The molecule has 43 heavy (non-hydrogen) atoms. The predicted molar refractivity (Wildman–Crippen MR) is 144 cm³/mol. The quantitative estimate of drug-likeness (QED) is 0.518. The van der Waals surface area contributed by atoms with Gasteiger partial charge in [-0.25, -0.2) is 22.9 Å². The Morgan fingerprint density at radius 3 is 2.37 bits per heavy atom. The fourth-order valence-electron chi connectivity index (χ4n) is 5.22. The van der Waals surface area contributed by atoms with Crippen LogP contribution >= 0.6 is 0 Å². The Bertz CT molecular complexity index is 1740. The number of hydrogen-bond donors (Lipinski definition) is 1. The number of carbonyl (C=O) groups excluding carboxylic acids is 2. The van der Waals surface area contributed by atoms with Crippen LogP contribution in [0, 0.1) is 28.6 Å². The van der Waals surface area contributed by atoms with E-state index in [-0.39, 0.29) is 54.0 Å². The third-order valence-electron chi connectivity index (χ3n) is 7.29. The molecule has 0 spiro atoms. The van der Waals surface area contributed by atoms with Crippen LogP contribution < -0.4 is 4.90 Å². The molecule has 0 saturated carbocycles. The Labute approximate surface area is 244 Å². The molecular weight excluding hydrogens is 591 g/mol. The average Bonchev–Trinajstić information content (AvgIpc) is 2.95. The molecule has 2 heterocycles. The number of carboxylic acids is 1. The summed E-state index contributed by atoms with van der Waals surface area (Å²) in [5.74, 6) is -2.14. The summed E-state index contributed by atoms with van der Waals surface area (Å²) >= 11 is 0. The third-order valence-corrected chi connectivity index (χ3v) is 8.44. The lowest BCUT2D eigenvalue weighted by Gasteiger charge is -2.43. The van der Waals surface area contributed by atoms with E-state index in [9.17, 15) is 51.6 Å². The summed E-state index contributed by atoms with van der Waals surface area (Å²) < 4.78 is 66.4. The molecule has 1 unspecified atom stereocenters. The molecule has 15 heteroatoms. The molecule has 224 valence electrons. The third kappa shape index (κ3) is 5.89. The molecule has 2 aromatic carbocycles. The number of allylic oxidation sites excluding steroid dienone is 1. The van der Waals surface area contributed by atoms with Crippen molar-refractivity contribution in [1.82, 2.24) is 9.80 Å². The van der Waals surface area contributed by atoms with Gasteiger partial charge in [-0.15, -0.1) is 0 Å². The number of nitriles is 2. The number of nitrogens with zero attached hydrogens (tertiary/aromatic N) is 5. The van der Waals surface area contributed by atoms with E-state index in [1.54, 1.807) is 6.07 Å². The number of carbonyl (C=O) groups is 3. The molecule has 1 fully saturated rings. The zero-order valence-electron chi connectivity index (χ0n) is 22.8. The zero-order chi connectivity index (χ0) is 31.9. The number of anilines is 1. The largest absolute Gasteiger partial charge is 0.481 e. The number of urea groups is 2. The summed E-state index contributed by atoms with van der Waals surface area (Å²) in [4.78, 5) is 41.9. The molecule has 1 N–H and O–H groups in total. The highest BCUT2D eigenvalue weighted by molar-refractivity contribution is 7.90. The van der Waals surface area contributed by atoms with E-state index in [2.05, 4.69) is 0 Å². The van der Waals surface area contributed by atoms with Crippen molar-refractivity contribution in [3.05, 3.63) is 70.4 Å². The predicted octanol–water partition coefficient (Wildman–Crippen LogP) is 4.68. The second kappa shape index (κ2) is 11.4. The number of benzene rings is 2. The maximum absolute atomic E-state index is 14.2. The number of likely N-dealkylation sites (tertiary alicyclic amines) is 1. The number of rotatable bonds is 4. The number of piperidine rings is 1. The smallest absolute Gasteiger partial charge is 0.416 e. The molecule has 4 amide bonds. The number of aliphatic carboxylic acids is 1. The van der Waals surface area contributed by atoms with Crippen molar-refractivity contribution in [1.29, 1.82) is 10.5 Å². The first-order chi connectivity index (χ1) is 20.1. The van der Waals surface area contributed by atoms with E-state index in [0.717, 1.165) is 34.3 Å². The van der Waals surface area contributed by atoms with Crippen molar-refractivity contribution in [2.75, 3.05) is 24.2 Å². The van der Waals surface area contributed by atoms with Gasteiger partial charge in [-0.05, 0) is 55.7 Å². The standard InChI is InChI=1S/C28H24F3N5O6S/c1-16-22(14-33)24(21-9-8-17(13-32)11-23(21)43(2,41)42)36(26(39)34-10-4-5-18(15-34)25(37)38)27(40)35(16)20-7-3-6-19(12-20)28(29,30)31/h3,6-9,11-12,18,24H,4-5,10,15H2,1-2H3,(H,37,38)/t18?,24-/m1/s1. The number of carboxylic acid groups (broad SMARTS) is 1. The van der Waals surface area contributed by atoms with Crippen molar-refractivity contribution in [3.63, 3.8) is 0 Å². The molecule has 2 aliphatic heterocycles. The fourth-order valence-corrected chi connectivity index (χ4v) is 6.17. The number of amides is 4. The van der Waals surface area contributed by atoms with E-state index in [4.69, 9.17) is 0 Å². The summed E-state index contributed by atoms with van der Waals surface area (Å²) in [6.45, 7) is 1.00. The monoisotopic (exact) mass is 615 g/mol. The van der Waals surface area contributed by atoms with Gasteiger partial charge in [-0.1, -0.05) is 12.1 Å². The summed E-state index contributed by atoms with van der Waals surface area (Å²) in [7, 11) is -4.13. The zero-order valence-corrected chi connectivity index (χ0v) is 23.6. The van der Waals surface area contributed by atoms with Gasteiger partial charge in [0.25, 0.3) is 0 Å². The number of alkyl halides is 3. The molecule has 0 bridgehead atoms. The van der Waals surface area contributed by atoms with Crippen molar-refractivity contribution < 1.29 is 41.1 Å². The van der Waals surface area contributed by atoms with Gasteiger partial charge in [0.15, 0.2) is 9.84 Å².